The summed E-state index contributed by atoms with van der Waals surface area (Å²) in [7, 11) is 0. The second kappa shape index (κ2) is 5.42. The van der Waals surface area contributed by atoms with Gasteiger partial charge in [-0.2, -0.15) is 0 Å². The van der Waals surface area contributed by atoms with Crippen LogP contribution in [0.3, 0.4) is 0 Å². The van der Waals surface area contributed by atoms with Gasteiger partial charge in [-0.05, 0) is 23.6 Å². The molecule has 0 aromatic heterocycles. The van der Waals surface area contributed by atoms with Crippen LogP contribution in [0, 0.1) is 0 Å². The third-order valence-corrected chi connectivity index (χ3v) is 3.65. The number of nitrogens with zero attached hydrogens (tertiary/aromatic N) is 2. The second-order valence-electron chi connectivity index (χ2n) is 5.24. The minimum absolute atomic E-state index is 0.185. The predicted molar refractivity (Wildman–Crippen MR) is 75.0 cm³/mol. The number of hydrogen-bond donors (Lipinski definition) is 0. The van der Waals surface area contributed by atoms with Crippen molar-refractivity contribution >= 4 is 11.6 Å². The maximum atomic E-state index is 11.3. The minimum atomic E-state index is 0.185. The van der Waals surface area contributed by atoms with E-state index in [1.165, 1.54) is 11.3 Å². The van der Waals surface area contributed by atoms with Gasteiger partial charge in [-0.3, -0.25) is 4.79 Å². The normalized spacial score (nSPS) is 16.2. The molecule has 0 radical (unpaired) electrons. The van der Waals surface area contributed by atoms with Crippen LogP contribution in [0.4, 0.5) is 5.69 Å². The van der Waals surface area contributed by atoms with Gasteiger partial charge in [0.25, 0.3) is 0 Å². The Hall–Kier alpha value is -1.51. The molecule has 1 amide bonds. The Labute approximate surface area is 109 Å². The highest BCUT2D eigenvalue weighted by Gasteiger charge is 2.18. The quantitative estimate of drug-likeness (QED) is 0.800. The molecule has 0 unspecified atom stereocenters. The summed E-state index contributed by atoms with van der Waals surface area (Å²) in [5.41, 5.74) is 2.64. The van der Waals surface area contributed by atoms with Gasteiger partial charge in [-0.25, -0.2) is 0 Å². The molecule has 3 nitrogen and oxygen atoms in total. The lowest BCUT2D eigenvalue weighted by Crippen LogP contribution is -2.48. The van der Waals surface area contributed by atoms with Crippen molar-refractivity contribution in [1.82, 2.24) is 4.90 Å². The summed E-state index contributed by atoms with van der Waals surface area (Å²) in [5, 5.41) is 0. The van der Waals surface area contributed by atoms with Gasteiger partial charge in [-0.15, -0.1) is 0 Å². The van der Waals surface area contributed by atoms with Crippen molar-refractivity contribution in [3.63, 3.8) is 0 Å². The van der Waals surface area contributed by atoms with Crippen LogP contribution in [-0.4, -0.2) is 37.0 Å². The molecule has 0 spiro atoms. The number of benzene rings is 1. The van der Waals surface area contributed by atoms with Crippen molar-refractivity contribution in [1.29, 1.82) is 0 Å². The molecule has 0 saturated carbocycles. The van der Waals surface area contributed by atoms with Crippen LogP contribution in [0.1, 0.15) is 32.3 Å². The average molecular weight is 246 g/mol. The van der Waals surface area contributed by atoms with E-state index in [2.05, 4.69) is 43.0 Å². The van der Waals surface area contributed by atoms with E-state index in [9.17, 15) is 4.79 Å². The van der Waals surface area contributed by atoms with E-state index >= 15 is 0 Å². The molecule has 3 heteroatoms. The van der Waals surface area contributed by atoms with Crippen molar-refractivity contribution in [2.24, 2.45) is 0 Å². The first-order valence-electron chi connectivity index (χ1n) is 6.68. The lowest BCUT2D eigenvalue weighted by atomic mass is 10.0. The summed E-state index contributed by atoms with van der Waals surface area (Å²) < 4.78 is 0. The lowest BCUT2D eigenvalue weighted by molar-refractivity contribution is -0.129. The van der Waals surface area contributed by atoms with Gasteiger partial charge in [0.15, 0.2) is 0 Å². The van der Waals surface area contributed by atoms with Gasteiger partial charge in [0.05, 0.1) is 0 Å². The molecule has 18 heavy (non-hydrogen) atoms. The van der Waals surface area contributed by atoms with E-state index in [0.29, 0.717) is 5.92 Å². The van der Waals surface area contributed by atoms with Gasteiger partial charge in [-0.1, -0.05) is 26.0 Å². The third-order valence-electron chi connectivity index (χ3n) is 3.65. The monoisotopic (exact) mass is 246 g/mol. The highest BCUT2D eigenvalue weighted by Crippen LogP contribution is 2.21. The van der Waals surface area contributed by atoms with Gasteiger partial charge in [0, 0.05) is 38.8 Å². The van der Waals surface area contributed by atoms with Crippen LogP contribution in [0.15, 0.2) is 24.3 Å². The van der Waals surface area contributed by atoms with E-state index in [0.717, 1.165) is 26.2 Å². The number of anilines is 1. The molecule has 2 rings (SSSR count). The molecule has 98 valence electrons. The third kappa shape index (κ3) is 2.84. The van der Waals surface area contributed by atoms with Gasteiger partial charge < -0.3 is 9.80 Å². The number of rotatable bonds is 2. The van der Waals surface area contributed by atoms with Crippen molar-refractivity contribution in [2.45, 2.75) is 26.7 Å². The lowest BCUT2D eigenvalue weighted by Gasteiger charge is -2.35. The number of carbonyl (C=O) groups excluding carboxylic acids is 1. The highest BCUT2D eigenvalue weighted by atomic mass is 16.2. The first-order valence-corrected chi connectivity index (χ1v) is 6.68. The zero-order valence-corrected chi connectivity index (χ0v) is 11.5. The molecule has 1 aromatic carbocycles. The largest absolute Gasteiger partial charge is 0.368 e. The number of carbonyl (C=O) groups is 1. The van der Waals surface area contributed by atoms with Crippen LogP contribution >= 0.6 is 0 Å². The molecule has 1 fully saturated rings. The summed E-state index contributed by atoms with van der Waals surface area (Å²) in [6, 6.07) is 8.80. The Kier molecular flexibility index (Phi) is 3.90. The molecule has 0 aliphatic carbocycles. The molecular formula is C15H22N2O. The zero-order valence-electron chi connectivity index (χ0n) is 11.5. The molecule has 1 heterocycles. The topological polar surface area (TPSA) is 23.6 Å². The molecule has 1 saturated heterocycles. The Morgan fingerprint density at radius 1 is 1.06 bits per heavy atom. The fraction of sp³-hybridized carbons (Fsp3) is 0.533. The maximum absolute atomic E-state index is 11.3. The zero-order chi connectivity index (χ0) is 13.1. The smallest absolute Gasteiger partial charge is 0.219 e. The molecule has 0 N–H and O–H groups in total. The SMILES string of the molecule is CC(=O)N1CCN(c2ccc(C(C)C)cc2)CC1. The summed E-state index contributed by atoms with van der Waals surface area (Å²) >= 11 is 0. The van der Waals surface area contributed by atoms with Crippen LogP contribution in [0.2, 0.25) is 0 Å². The maximum Gasteiger partial charge on any atom is 0.219 e. The van der Waals surface area contributed by atoms with E-state index in [1.807, 2.05) is 4.90 Å². The number of hydrogen-bond acceptors (Lipinski definition) is 2. The molecule has 0 atom stereocenters. The summed E-state index contributed by atoms with van der Waals surface area (Å²) in [4.78, 5) is 15.5. The Morgan fingerprint density at radius 3 is 2.06 bits per heavy atom. The van der Waals surface area contributed by atoms with E-state index in [4.69, 9.17) is 0 Å². The van der Waals surface area contributed by atoms with Crippen LogP contribution in [-0.2, 0) is 4.79 Å². The van der Waals surface area contributed by atoms with Gasteiger partial charge in [0.1, 0.15) is 0 Å². The summed E-state index contributed by atoms with van der Waals surface area (Å²) in [6.07, 6.45) is 0. The second-order valence-corrected chi connectivity index (χ2v) is 5.24. The predicted octanol–water partition coefficient (Wildman–Crippen LogP) is 2.48. The van der Waals surface area contributed by atoms with Crippen LogP contribution < -0.4 is 4.90 Å². The fourth-order valence-corrected chi connectivity index (χ4v) is 2.35. The standard InChI is InChI=1S/C15H22N2O/c1-12(2)14-4-6-15(7-5-14)17-10-8-16(9-11-17)13(3)18/h4-7,12H,8-11H2,1-3H3. The number of amides is 1. The Balaban J connectivity index is 1.99. The molecular weight excluding hydrogens is 224 g/mol. The minimum Gasteiger partial charge on any atom is -0.368 e. The van der Waals surface area contributed by atoms with Crippen molar-refractivity contribution in [3.8, 4) is 0 Å². The van der Waals surface area contributed by atoms with Gasteiger partial charge >= 0.3 is 0 Å². The van der Waals surface area contributed by atoms with E-state index < -0.39 is 0 Å². The molecule has 1 aliphatic rings. The molecule has 1 aliphatic heterocycles. The fourth-order valence-electron chi connectivity index (χ4n) is 2.35. The number of piperazine rings is 1. The van der Waals surface area contributed by atoms with E-state index in [-0.39, 0.29) is 5.91 Å². The summed E-state index contributed by atoms with van der Waals surface area (Å²) in [6.45, 7) is 9.60. The first kappa shape index (κ1) is 12.9. The molecule has 1 aromatic rings. The van der Waals surface area contributed by atoms with Crippen molar-refractivity contribution in [3.05, 3.63) is 29.8 Å². The molecule has 0 bridgehead atoms. The van der Waals surface area contributed by atoms with Crippen molar-refractivity contribution in [2.75, 3.05) is 31.1 Å². The summed E-state index contributed by atoms with van der Waals surface area (Å²) in [5.74, 6) is 0.762. The Bertz CT molecular complexity index is 403. The first-order chi connectivity index (χ1) is 8.58. The van der Waals surface area contributed by atoms with Gasteiger partial charge in [0.2, 0.25) is 5.91 Å². The van der Waals surface area contributed by atoms with Crippen molar-refractivity contribution < 1.29 is 4.79 Å². The highest BCUT2D eigenvalue weighted by molar-refractivity contribution is 5.73. The average Bonchev–Trinajstić information content (AvgIpc) is 2.39. The van der Waals surface area contributed by atoms with Crippen LogP contribution in [0.25, 0.3) is 0 Å². The Morgan fingerprint density at radius 2 is 1.61 bits per heavy atom. The van der Waals surface area contributed by atoms with Crippen LogP contribution in [0.5, 0.6) is 0 Å². The van der Waals surface area contributed by atoms with E-state index in [1.54, 1.807) is 6.92 Å².